The van der Waals surface area contributed by atoms with Gasteiger partial charge < -0.3 is 14.8 Å². The van der Waals surface area contributed by atoms with E-state index in [0.717, 1.165) is 33.2 Å². The normalized spacial score (nSPS) is 11.0. The summed E-state index contributed by atoms with van der Waals surface area (Å²) in [6.45, 7) is 4.77. The number of rotatable bonds is 11. The number of methoxy groups -OCH3 is 2. The van der Waals surface area contributed by atoms with Gasteiger partial charge in [0.15, 0.2) is 0 Å². The molecule has 0 atom stereocenters. The largest absolute Gasteiger partial charge is 0.497 e. The zero-order valence-corrected chi connectivity index (χ0v) is 22.6. The molecule has 2 N–H and O–H groups in total. The number of halogens is 1. The fourth-order valence-electron chi connectivity index (χ4n) is 3.84. The molecule has 1 amide bonds. The lowest BCUT2D eigenvalue weighted by Gasteiger charge is -2.14. The van der Waals surface area contributed by atoms with Gasteiger partial charge in [0.1, 0.15) is 17.3 Å². The Hall–Kier alpha value is -3.82. The zero-order valence-electron chi connectivity index (χ0n) is 21.8. The van der Waals surface area contributed by atoms with Gasteiger partial charge in [0.25, 0.3) is 0 Å². The Labute approximate surface area is 226 Å². The van der Waals surface area contributed by atoms with Crippen LogP contribution >= 0.6 is 11.9 Å². The molecule has 4 aromatic rings. The number of aromatic nitrogens is 2. The van der Waals surface area contributed by atoms with Gasteiger partial charge in [-0.15, -0.1) is 0 Å². The number of ether oxygens (including phenoxy) is 2. The summed E-state index contributed by atoms with van der Waals surface area (Å²) < 4.78 is 30.0. The maximum Gasteiger partial charge on any atom is 0.228 e. The zero-order chi connectivity index (χ0) is 27.1. The summed E-state index contributed by atoms with van der Waals surface area (Å²) >= 11 is 1.42. The molecule has 0 aliphatic heterocycles. The minimum absolute atomic E-state index is 0.0523. The fourth-order valence-corrected chi connectivity index (χ4v) is 4.67. The molecule has 1 heterocycles. The predicted molar refractivity (Wildman–Crippen MR) is 149 cm³/mol. The molecule has 0 saturated heterocycles. The van der Waals surface area contributed by atoms with E-state index in [1.54, 1.807) is 32.4 Å². The van der Waals surface area contributed by atoms with Gasteiger partial charge >= 0.3 is 0 Å². The standard InChI is InChI=1S/C29H31FN4O3S/c1-19(2)22-16-31-34(18-22)26-12-10-23(33-29(35)13-20-7-5-6-8-25(20)30)14-28(26)38-32-17-21-9-11-24(36-3)15-27(21)37-4/h5-12,14-16,18-19,32H,13,17H2,1-4H3,(H,33,35). The molecule has 38 heavy (non-hydrogen) atoms. The highest BCUT2D eigenvalue weighted by Gasteiger charge is 2.14. The SMILES string of the molecule is COc1ccc(CNSc2cc(NC(=O)Cc3ccccc3F)ccc2-n2cc(C(C)C)cn2)c(OC)c1. The molecule has 0 fully saturated rings. The number of carbonyl (C=O) groups excluding carboxylic acids is 1. The van der Waals surface area contributed by atoms with E-state index in [2.05, 4.69) is 29.0 Å². The first-order chi connectivity index (χ1) is 18.4. The summed E-state index contributed by atoms with van der Waals surface area (Å²) in [5, 5.41) is 7.44. The van der Waals surface area contributed by atoms with Crippen molar-refractivity contribution in [1.82, 2.24) is 14.5 Å². The number of hydrogen-bond acceptors (Lipinski definition) is 6. The number of benzene rings is 3. The van der Waals surface area contributed by atoms with Crippen LogP contribution in [0, 0.1) is 5.82 Å². The molecule has 3 aromatic carbocycles. The second-order valence-electron chi connectivity index (χ2n) is 8.97. The Bertz CT molecular complexity index is 1410. The minimum atomic E-state index is -0.396. The van der Waals surface area contributed by atoms with Gasteiger partial charge in [-0.2, -0.15) is 5.10 Å². The Balaban J connectivity index is 1.54. The highest BCUT2D eigenvalue weighted by atomic mass is 32.2. The first kappa shape index (κ1) is 27.2. The molecule has 0 saturated carbocycles. The van der Waals surface area contributed by atoms with E-state index in [1.807, 2.05) is 53.5 Å². The number of nitrogens with one attached hydrogen (secondary N) is 2. The summed E-state index contributed by atoms with van der Waals surface area (Å²) in [6, 6.07) is 17.6. The second kappa shape index (κ2) is 12.6. The third-order valence-electron chi connectivity index (χ3n) is 6.01. The monoisotopic (exact) mass is 534 g/mol. The fraction of sp³-hybridized carbons (Fsp3) is 0.241. The van der Waals surface area contributed by atoms with Crippen molar-refractivity contribution < 1.29 is 18.7 Å². The van der Waals surface area contributed by atoms with Crippen LogP contribution in [0.3, 0.4) is 0 Å². The van der Waals surface area contributed by atoms with Crippen molar-refractivity contribution >= 4 is 23.5 Å². The molecular weight excluding hydrogens is 503 g/mol. The topological polar surface area (TPSA) is 77.4 Å². The van der Waals surface area contributed by atoms with Crippen LogP contribution < -0.4 is 19.5 Å². The van der Waals surface area contributed by atoms with Gasteiger partial charge in [-0.3, -0.25) is 9.52 Å². The molecule has 0 unspecified atom stereocenters. The molecule has 4 rings (SSSR count). The maximum atomic E-state index is 14.0. The van der Waals surface area contributed by atoms with Crippen LogP contribution in [0.25, 0.3) is 5.69 Å². The van der Waals surface area contributed by atoms with E-state index < -0.39 is 5.82 Å². The smallest absolute Gasteiger partial charge is 0.228 e. The van der Waals surface area contributed by atoms with Crippen molar-refractivity contribution in [3.05, 3.63) is 95.6 Å². The molecule has 0 radical (unpaired) electrons. The molecule has 0 spiro atoms. The first-order valence-corrected chi connectivity index (χ1v) is 13.0. The highest BCUT2D eigenvalue weighted by Crippen LogP contribution is 2.30. The van der Waals surface area contributed by atoms with Gasteiger partial charge in [0.05, 0.1) is 37.4 Å². The van der Waals surface area contributed by atoms with Crippen LogP contribution in [0.1, 0.15) is 36.5 Å². The number of carbonyl (C=O) groups is 1. The molecular formula is C29H31FN4O3S. The van der Waals surface area contributed by atoms with Crippen LogP contribution in [0.4, 0.5) is 10.1 Å². The Morgan fingerprint density at radius 3 is 2.58 bits per heavy atom. The molecule has 1 aromatic heterocycles. The van der Waals surface area contributed by atoms with Gasteiger partial charge in [-0.25, -0.2) is 9.07 Å². The third kappa shape index (κ3) is 6.73. The van der Waals surface area contributed by atoms with Crippen molar-refractivity contribution in [1.29, 1.82) is 0 Å². The Morgan fingerprint density at radius 1 is 1.05 bits per heavy atom. The number of nitrogens with zero attached hydrogens (tertiary/aromatic N) is 2. The first-order valence-electron chi connectivity index (χ1n) is 12.2. The van der Waals surface area contributed by atoms with Gasteiger partial charge in [0, 0.05) is 30.1 Å². The predicted octanol–water partition coefficient (Wildman–Crippen LogP) is 6.13. The van der Waals surface area contributed by atoms with E-state index in [9.17, 15) is 9.18 Å². The molecule has 198 valence electrons. The van der Waals surface area contributed by atoms with Crippen molar-refractivity contribution in [2.24, 2.45) is 0 Å². The van der Waals surface area contributed by atoms with Crippen molar-refractivity contribution in [3.63, 3.8) is 0 Å². The highest BCUT2D eigenvalue weighted by molar-refractivity contribution is 7.97. The summed E-state index contributed by atoms with van der Waals surface area (Å²) in [6.07, 6.45) is 3.81. The lowest BCUT2D eigenvalue weighted by atomic mass is 10.1. The van der Waals surface area contributed by atoms with E-state index in [1.165, 1.54) is 18.0 Å². The van der Waals surface area contributed by atoms with Crippen molar-refractivity contribution in [3.8, 4) is 17.2 Å². The Morgan fingerprint density at radius 2 is 1.87 bits per heavy atom. The van der Waals surface area contributed by atoms with E-state index in [0.29, 0.717) is 23.7 Å². The average Bonchev–Trinajstić information content (AvgIpc) is 3.41. The second-order valence-corrected chi connectivity index (χ2v) is 9.91. The van der Waals surface area contributed by atoms with Gasteiger partial charge in [0.2, 0.25) is 5.91 Å². The quantitative estimate of drug-likeness (QED) is 0.226. The lowest BCUT2D eigenvalue weighted by molar-refractivity contribution is -0.115. The van der Waals surface area contributed by atoms with E-state index in [4.69, 9.17) is 9.47 Å². The van der Waals surface area contributed by atoms with E-state index in [-0.39, 0.29) is 12.3 Å². The number of hydrogen-bond donors (Lipinski definition) is 2. The van der Waals surface area contributed by atoms with Gasteiger partial charge in [-0.05, 0) is 59.3 Å². The van der Waals surface area contributed by atoms with Gasteiger partial charge in [-0.1, -0.05) is 38.1 Å². The summed E-state index contributed by atoms with van der Waals surface area (Å²) in [5.74, 6) is 1.10. The van der Waals surface area contributed by atoms with Crippen LogP contribution in [0.5, 0.6) is 11.5 Å². The minimum Gasteiger partial charge on any atom is -0.497 e. The van der Waals surface area contributed by atoms with Crippen molar-refractivity contribution in [2.75, 3.05) is 19.5 Å². The summed E-state index contributed by atoms with van der Waals surface area (Å²) in [7, 11) is 3.24. The molecule has 0 aliphatic rings. The van der Waals surface area contributed by atoms with Crippen LogP contribution in [0.2, 0.25) is 0 Å². The molecule has 9 heteroatoms. The average molecular weight is 535 g/mol. The molecule has 7 nitrogen and oxygen atoms in total. The maximum absolute atomic E-state index is 14.0. The molecule has 0 aliphatic carbocycles. The summed E-state index contributed by atoms with van der Waals surface area (Å²) in [5.41, 5.74) is 3.92. The third-order valence-corrected chi connectivity index (χ3v) is 6.84. The van der Waals surface area contributed by atoms with Crippen molar-refractivity contribution in [2.45, 2.75) is 37.6 Å². The lowest BCUT2D eigenvalue weighted by Crippen LogP contribution is -2.15. The molecule has 0 bridgehead atoms. The Kier molecular flexibility index (Phi) is 9.04. The number of anilines is 1. The summed E-state index contributed by atoms with van der Waals surface area (Å²) in [4.78, 5) is 13.5. The number of amides is 1. The van der Waals surface area contributed by atoms with E-state index >= 15 is 0 Å². The van der Waals surface area contributed by atoms with Crippen LogP contribution in [-0.4, -0.2) is 29.9 Å². The van der Waals surface area contributed by atoms with Crippen LogP contribution in [0.15, 0.2) is 78.0 Å². The van der Waals surface area contributed by atoms with Crippen LogP contribution in [-0.2, 0) is 17.8 Å².